The van der Waals surface area contributed by atoms with Crippen LogP contribution in [0.25, 0.3) is 0 Å². The SMILES string of the molecule is Cc1cccc(C=NCc2cc(N3CCOCC3)cc(CCCc3ccccc3)n2)c1. The first kappa shape index (κ1) is 21.3. The molecule has 4 nitrogen and oxygen atoms in total. The van der Waals surface area contributed by atoms with Crippen LogP contribution in [0.1, 0.15) is 34.5 Å². The van der Waals surface area contributed by atoms with Crippen molar-refractivity contribution in [3.8, 4) is 0 Å². The number of anilines is 1. The molecule has 160 valence electrons. The summed E-state index contributed by atoms with van der Waals surface area (Å²) in [6, 6.07) is 23.5. The third kappa shape index (κ3) is 6.50. The first-order valence-electron chi connectivity index (χ1n) is 11.2. The highest BCUT2D eigenvalue weighted by Gasteiger charge is 2.13. The summed E-state index contributed by atoms with van der Waals surface area (Å²) in [6.45, 7) is 6.13. The Kier molecular flexibility index (Phi) is 7.46. The van der Waals surface area contributed by atoms with Gasteiger partial charge in [0.15, 0.2) is 0 Å². The van der Waals surface area contributed by atoms with Crippen molar-refractivity contribution in [2.24, 2.45) is 4.99 Å². The largest absolute Gasteiger partial charge is 0.378 e. The van der Waals surface area contributed by atoms with E-state index in [0.717, 1.165) is 62.5 Å². The molecule has 0 saturated carbocycles. The second-order valence-corrected chi connectivity index (χ2v) is 8.13. The minimum atomic E-state index is 0.595. The molecule has 1 fully saturated rings. The van der Waals surface area contributed by atoms with Crippen molar-refractivity contribution in [1.29, 1.82) is 0 Å². The average molecular weight is 414 g/mol. The van der Waals surface area contributed by atoms with Gasteiger partial charge in [0.05, 0.1) is 25.5 Å². The molecule has 1 aromatic heterocycles. The highest BCUT2D eigenvalue weighted by atomic mass is 16.5. The number of aliphatic imine (C=N–C) groups is 1. The molecule has 0 spiro atoms. The Morgan fingerprint density at radius 1 is 0.935 bits per heavy atom. The highest BCUT2D eigenvalue weighted by Crippen LogP contribution is 2.20. The maximum absolute atomic E-state index is 5.54. The zero-order valence-electron chi connectivity index (χ0n) is 18.3. The van der Waals surface area contributed by atoms with E-state index < -0.39 is 0 Å². The minimum Gasteiger partial charge on any atom is -0.378 e. The summed E-state index contributed by atoms with van der Waals surface area (Å²) in [6.07, 6.45) is 5.09. The first-order chi connectivity index (χ1) is 15.3. The molecule has 0 atom stereocenters. The van der Waals surface area contributed by atoms with E-state index in [1.165, 1.54) is 16.8 Å². The summed E-state index contributed by atoms with van der Waals surface area (Å²) < 4.78 is 5.54. The van der Waals surface area contributed by atoms with Crippen molar-refractivity contribution in [2.75, 3.05) is 31.2 Å². The van der Waals surface area contributed by atoms with Crippen LogP contribution < -0.4 is 4.90 Å². The van der Waals surface area contributed by atoms with Crippen molar-refractivity contribution in [3.05, 3.63) is 94.8 Å². The third-order valence-corrected chi connectivity index (χ3v) is 5.57. The van der Waals surface area contributed by atoms with Crippen LogP contribution in [-0.2, 0) is 24.1 Å². The zero-order chi connectivity index (χ0) is 21.3. The molecule has 2 aromatic carbocycles. The summed E-state index contributed by atoms with van der Waals surface area (Å²) in [5.74, 6) is 0. The molecule has 3 aromatic rings. The van der Waals surface area contributed by atoms with Crippen LogP contribution in [0.2, 0.25) is 0 Å². The number of hydrogen-bond donors (Lipinski definition) is 0. The number of morpholine rings is 1. The fourth-order valence-electron chi connectivity index (χ4n) is 3.96. The van der Waals surface area contributed by atoms with Gasteiger partial charge in [-0.1, -0.05) is 60.2 Å². The Bertz CT molecular complexity index is 994. The standard InChI is InChI=1S/C27H31N3O/c1-22-7-5-11-24(17-22)20-28-21-26-19-27(30-13-15-31-16-14-30)18-25(29-26)12-6-10-23-8-3-2-4-9-23/h2-5,7-9,11,17-20H,6,10,12-16,21H2,1H3. The van der Waals surface area contributed by atoms with Crippen molar-refractivity contribution < 1.29 is 4.74 Å². The summed E-state index contributed by atoms with van der Waals surface area (Å²) in [5, 5.41) is 0. The number of nitrogens with zero attached hydrogens (tertiary/aromatic N) is 3. The molecule has 31 heavy (non-hydrogen) atoms. The Labute approximate surface area is 185 Å². The Balaban J connectivity index is 1.46. The molecule has 1 saturated heterocycles. The minimum absolute atomic E-state index is 0.595. The van der Waals surface area contributed by atoms with Crippen LogP contribution in [0.3, 0.4) is 0 Å². The van der Waals surface area contributed by atoms with Crippen molar-refractivity contribution in [1.82, 2.24) is 4.98 Å². The van der Waals surface area contributed by atoms with Gasteiger partial charge in [0.1, 0.15) is 0 Å². The van der Waals surface area contributed by atoms with Crippen molar-refractivity contribution >= 4 is 11.9 Å². The second kappa shape index (κ2) is 10.9. The maximum atomic E-state index is 5.54. The number of hydrogen-bond acceptors (Lipinski definition) is 4. The highest BCUT2D eigenvalue weighted by molar-refractivity contribution is 5.79. The van der Waals surface area contributed by atoms with Gasteiger partial charge in [0, 0.05) is 30.7 Å². The van der Waals surface area contributed by atoms with Crippen LogP contribution in [0.4, 0.5) is 5.69 Å². The average Bonchev–Trinajstić information content (AvgIpc) is 2.80. The molecule has 1 aliphatic rings. The molecule has 0 radical (unpaired) electrons. The third-order valence-electron chi connectivity index (χ3n) is 5.57. The van der Waals surface area contributed by atoms with E-state index >= 15 is 0 Å². The van der Waals surface area contributed by atoms with Gasteiger partial charge in [0.25, 0.3) is 0 Å². The predicted octanol–water partition coefficient (Wildman–Crippen LogP) is 5.02. The summed E-state index contributed by atoms with van der Waals surface area (Å²) in [4.78, 5) is 12.0. The maximum Gasteiger partial charge on any atom is 0.0812 e. The number of aryl methyl sites for hydroxylation is 3. The van der Waals surface area contributed by atoms with Gasteiger partial charge in [-0.25, -0.2) is 0 Å². The van der Waals surface area contributed by atoms with Gasteiger partial charge in [-0.3, -0.25) is 9.98 Å². The molecule has 0 N–H and O–H groups in total. The van der Waals surface area contributed by atoms with Gasteiger partial charge in [-0.2, -0.15) is 0 Å². The molecule has 2 heterocycles. The fraction of sp³-hybridized carbons (Fsp3) is 0.333. The molecule has 0 amide bonds. The number of benzene rings is 2. The van der Waals surface area contributed by atoms with Crippen LogP contribution in [0.5, 0.6) is 0 Å². The molecular formula is C27H31N3O. The molecule has 4 rings (SSSR count). The van der Waals surface area contributed by atoms with E-state index in [1.807, 2.05) is 6.21 Å². The van der Waals surface area contributed by atoms with Gasteiger partial charge >= 0.3 is 0 Å². The van der Waals surface area contributed by atoms with E-state index in [2.05, 4.69) is 83.5 Å². The number of pyridine rings is 1. The monoisotopic (exact) mass is 413 g/mol. The Morgan fingerprint density at radius 2 is 1.74 bits per heavy atom. The van der Waals surface area contributed by atoms with E-state index in [1.54, 1.807) is 0 Å². The lowest BCUT2D eigenvalue weighted by Gasteiger charge is -2.29. The lowest BCUT2D eigenvalue weighted by Crippen LogP contribution is -2.36. The molecular weight excluding hydrogens is 382 g/mol. The second-order valence-electron chi connectivity index (χ2n) is 8.13. The lowest BCUT2D eigenvalue weighted by molar-refractivity contribution is 0.122. The van der Waals surface area contributed by atoms with E-state index in [-0.39, 0.29) is 0 Å². The molecule has 0 bridgehead atoms. The van der Waals surface area contributed by atoms with E-state index in [0.29, 0.717) is 6.54 Å². The van der Waals surface area contributed by atoms with Gasteiger partial charge in [-0.15, -0.1) is 0 Å². The molecule has 4 heteroatoms. The zero-order valence-corrected chi connectivity index (χ0v) is 18.3. The first-order valence-corrected chi connectivity index (χ1v) is 11.2. The molecule has 0 aliphatic carbocycles. The fourth-order valence-corrected chi connectivity index (χ4v) is 3.96. The van der Waals surface area contributed by atoms with Crippen molar-refractivity contribution in [3.63, 3.8) is 0 Å². The number of ether oxygens (including phenoxy) is 1. The summed E-state index contributed by atoms with van der Waals surface area (Å²) in [7, 11) is 0. The van der Waals surface area contributed by atoms with Crippen LogP contribution in [0.15, 0.2) is 71.7 Å². The quantitative estimate of drug-likeness (QED) is 0.487. The Morgan fingerprint density at radius 3 is 2.55 bits per heavy atom. The summed E-state index contributed by atoms with van der Waals surface area (Å²) >= 11 is 0. The van der Waals surface area contributed by atoms with E-state index in [4.69, 9.17) is 9.72 Å². The van der Waals surface area contributed by atoms with E-state index in [9.17, 15) is 0 Å². The number of rotatable bonds is 8. The van der Waals surface area contributed by atoms with Gasteiger partial charge in [-0.05, 0) is 49.4 Å². The normalized spacial score (nSPS) is 14.3. The smallest absolute Gasteiger partial charge is 0.0812 e. The lowest BCUT2D eigenvalue weighted by atomic mass is 10.1. The molecule has 1 aliphatic heterocycles. The van der Waals surface area contributed by atoms with Crippen LogP contribution >= 0.6 is 0 Å². The molecule has 0 unspecified atom stereocenters. The Hall–Kier alpha value is -2.98. The van der Waals surface area contributed by atoms with Crippen LogP contribution in [-0.4, -0.2) is 37.5 Å². The summed E-state index contributed by atoms with van der Waals surface area (Å²) in [5.41, 5.74) is 7.19. The van der Waals surface area contributed by atoms with Crippen molar-refractivity contribution in [2.45, 2.75) is 32.7 Å². The topological polar surface area (TPSA) is 37.7 Å². The van der Waals surface area contributed by atoms with Crippen LogP contribution in [0, 0.1) is 6.92 Å². The van der Waals surface area contributed by atoms with Gasteiger partial charge < -0.3 is 9.64 Å². The predicted molar refractivity (Wildman–Crippen MR) is 128 cm³/mol. The van der Waals surface area contributed by atoms with Gasteiger partial charge in [0.2, 0.25) is 0 Å². The number of aromatic nitrogens is 1.